The maximum Gasteiger partial charge on any atom is 0.106 e. The maximum absolute atomic E-state index is 5.90. The van der Waals surface area contributed by atoms with Gasteiger partial charge in [-0.3, -0.25) is 4.90 Å². The van der Waals surface area contributed by atoms with Crippen molar-refractivity contribution in [2.24, 2.45) is 5.73 Å². The molecule has 3 rings (SSSR count). The predicted molar refractivity (Wildman–Crippen MR) is 72.4 cm³/mol. The van der Waals surface area contributed by atoms with E-state index in [0.717, 1.165) is 24.7 Å². The van der Waals surface area contributed by atoms with E-state index in [1.807, 2.05) is 0 Å². The molecule has 0 radical (unpaired) electrons. The second-order valence-corrected chi connectivity index (χ2v) is 6.11. The molecular formula is C13H21N3OS. The monoisotopic (exact) mass is 267 g/mol. The molecule has 2 atom stereocenters. The number of hydrogen-bond acceptors (Lipinski definition) is 5. The number of morpholine rings is 1. The largest absolute Gasteiger partial charge is 0.375 e. The Morgan fingerprint density at radius 3 is 3.17 bits per heavy atom. The van der Waals surface area contributed by atoms with Crippen LogP contribution in [0, 0.1) is 0 Å². The van der Waals surface area contributed by atoms with Crippen molar-refractivity contribution in [1.29, 1.82) is 0 Å². The Hall–Kier alpha value is -0.490. The van der Waals surface area contributed by atoms with E-state index in [1.165, 1.54) is 31.4 Å². The smallest absolute Gasteiger partial charge is 0.106 e. The van der Waals surface area contributed by atoms with Crippen LogP contribution in [0.25, 0.3) is 0 Å². The zero-order chi connectivity index (χ0) is 12.4. The minimum atomic E-state index is 0.458. The van der Waals surface area contributed by atoms with E-state index in [4.69, 9.17) is 10.5 Å². The molecule has 5 heteroatoms. The third-order valence-electron chi connectivity index (χ3n) is 3.99. The van der Waals surface area contributed by atoms with Crippen LogP contribution < -0.4 is 5.73 Å². The highest BCUT2D eigenvalue weighted by Gasteiger charge is 2.34. The quantitative estimate of drug-likeness (QED) is 0.906. The summed E-state index contributed by atoms with van der Waals surface area (Å²) in [5.74, 6) is 0. The van der Waals surface area contributed by atoms with Gasteiger partial charge in [0.2, 0.25) is 0 Å². The van der Waals surface area contributed by atoms with E-state index in [0.29, 0.717) is 18.7 Å². The normalized spacial score (nSPS) is 29.2. The van der Waals surface area contributed by atoms with Gasteiger partial charge in [0, 0.05) is 31.1 Å². The van der Waals surface area contributed by atoms with Gasteiger partial charge in [-0.1, -0.05) is 12.8 Å². The predicted octanol–water partition coefficient (Wildman–Crippen LogP) is 1.75. The highest BCUT2D eigenvalue weighted by atomic mass is 32.1. The molecule has 0 spiro atoms. The highest BCUT2D eigenvalue weighted by molar-refractivity contribution is 7.09. The molecule has 1 saturated heterocycles. The summed E-state index contributed by atoms with van der Waals surface area (Å²) >= 11 is 1.67. The molecular weight excluding hydrogens is 246 g/mol. The average Bonchev–Trinajstić information content (AvgIpc) is 2.87. The summed E-state index contributed by atoms with van der Waals surface area (Å²) in [5, 5.41) is 3.19. The average molecular weight is 267 g/mol. The minimum absolute atomic E-state index is 0.458. The van der Waals surface area contributed by atoms with Crippen LogP contribution in [0.15, 0.2) is 5.38 Å². The number of hydrogen-bond donors (Lipinski definition) is 1. The molecule has 100 valence electrons. The summed E-state index contributed by atoms with van der Waals surface area (Å²) in [5.41, 5.74) is 6.79. The summed E-state index contributed by atoms with van der Waals surface area (Å²) in [4.78, 5) is 7.13. The van der Waals surface area contributed by atoms with Crippen LogP contribution in [0.1, 0.15) is 36.4 Å². The third kappa shape index (κ3) is 2.59. The van der Waals surface area contributed by atoms with Gasteiger partial charge in [0.15, 0.2) is 0 Å². The summed E-state index contributed by atoms with van der Waals surface area (Å²) in [7, 11) is 0. The molecule has 18 heavy (non-hydrogen) atoms. The van der Waals surface area contributed by atoms with E-state index in [1.54, 1.807) is 11.3 Å². The van der Waals surface area contributed by atoms with Gasteiger partial charge < -0.3 is 10.5 Å². The lowest BCUT2D eigenvalue weighted by Gasteiger charge is -2.43. The van der Waals surface area contributed by atoms with Crippen LogP contribution in [-0.4, -0.2) is 35.2 Å². The molecule has 1 aliphatic carbocycles. The van der Waals surface area contributed by atoms with Gasteiger partial charge in [0.25, 0.3) is 0 Å². The molecule has 2 unspecified atom stereocenters. The van der Waals surface area contributed by atoms with E-state index in [9.17, 15) is 0 Å². The number of nitrogens with two attached hydrogens (primary N) is 1. The molecule has 0 aromatic carbocycles. The zero-order valence-electron chi connectivity index (χ0n) is 10.7. The zero-order valence-corrected chi connectivity index (χ0v) is 11.5. The first-order valence-electron chi connectivity index (χ1n) is 6.86. The first kappa shape index (κ1) is 12.5. The lowest BCUT2D eigenvalue weighted by atomic mass is 9.90. The fourth-order valence-corrected chi connectivity index (χ4v) is 3.76. The van der Waals surface area contributed by atoms with Gasteiger partial charge in [0.05, 0.1) is 18.4 Å². The van der Waals surface area contributed by atoms with Crippen LogP contribution in [0.5, 0.6) is 0 Å². The molecule has 1 aliphatic heterocycles. The van der Waals surface area contributed by atoms with Crippen molar-refractivity contribution in [1.82, 2.24) is 9.88 Å². The highest BCUT2D eigenvalue weighted by Crippen LogP contribution is 2.29. The van der Waals surface area contributed by atoms with Crippen molar-refractivity contribution >= 4 is 11.3 Å². The van der Waals surface area contributed by atoms with Crippen molar-refractivity contribution < 1.29 is 4.74 Å². The van der Waals surface area contributed by atoms with Crippen LogP contribution in [0.2, 0.25) is 0 Å². The van der Waals surface area contributed by atoms with Crippen LogP contribution in [0.4, 0.5) is 0 Å². The molecule has 1 saturated carbocycles. The van der Waals surface area contributed by atoms with Crippen molar-refractivity contribution in [3.63, 3.8) is 0 Å². The number of thiazole rings is 1. The molecule has 0 amide bonds. The minimum Gasteiger partial charge on any atom is -0.375 e. The topological polar surface area (TPSA) is 51.4 Å². The van der Waals surface area contributed by atoms with Crippen molar-refractivity contribution in [3.05, 3.63) is 16.1 Å². The van der Waals surface area contributed by atoms with Gasteiger partial charge in [0.1, 0.15) is 5.01 Å². The molecule has 2 aliphatic rings. The summed E-state index contributed by atoms with van der Waals surface area (Å²) in [6.07, 6.45) is 5.63. The molecule has 0 bridgehead atoms. The standard InChI is InChI=1S/C13H21N3OS/c14-7-13-15-10(9-18-13)8-16-5-6-17-12-4-2-1-3-11(12)16/h9,11-12H,1-8,14H2. The fraction of sp³-hybridized carbons (Fsp3) is 0.769. The summed E-state index contributed by atoms with van der Waals surface area (Å²) in [6, 6.07) is 0.607. The van der Waals surface area contributed by atoms with E-state index >= 15 is 0 Å². The second kappa shape index (κ2) is 5.65. The number of aromatic nitrogens is 1. The molecule has 2 N–H and O–H groups in total. The van der Waals surface area contributed by atoms with Crippen molar-refractivity contribution in [3.8, 4) is 0 Å². The van der Waals surface area contributed by atoms with Crippen LogP contribution in [0.3, 0.4) is 0 Å². The molecule has 4 nitrogen and oxygen atoms in total. The summed E-state index contributed by atoms with van der Waals surface area (Å²) in [6.45, 7) is 3.42. The van der Waals surface area contributed by atoms with Gasteiger partial charge in [-0.25, -0.2) is 4.98 Å². The third-order valence-corrected chi connectivity index (χ3v) is 4.91. The Bertz CT molecular complexity index is 393. The number of fused-ring (bicyclic) bond motifs is 1. The Morgan fingerprint density at radius 1 is 1.44 bits per heavy atom. The van der Waals surface area contributed by atoms with Gasteiger partial charge in [-0.15, -0.1) is 11.3 Å². The lowest BCUT2D eigenvalue weighted by Crippen LogP contribution is -2.52. The SMILES string of the molecule is NCc1nc(CN2CCOC3CCCCC32)cs1. The van der Waals surface area contributed by atoms with Gasteiger partial charge in [-0.05, 0) is 12.8 Å². The molecule has 1 aromatic heterocycles. The van der Waals surface area contributed by atoms with Gasteiger partial charge in [-0.2, -0.15) is 0 Å². The Balaban J connectivity index is 1.66. The van der Waals surface area contributed by atoms with Gasteiger partial charge >= 0.3 is 0 Å². The Kier molecular flexibility index (Phi) is 3.94. The van der Waals surface area contributed by atoms with Crippen LogP contribution >= 0.6 is 11.3 Å². The van der Waals surface area contributed by atoms with Crippen molar-refractivity contribution in [2.75, 3.05) is 13.2 Å². The Labute approximate surface area is 112 Å². The van der Waals surface area contributed by atoms with Crippen LogP contribution in [-0.2, 0) is 17.8 Å². The first-order valence-corrected chi connectivity index (χ1v) is 7.74. The maximum atomic E-state index is 5.90. The Morgan fingerprint density at radius 2 is 2.33 bits per heavy atom. The number of ether oxygens (including phenoxy) is 1. The molecule has 1 aromatic rings. The molecule has 2 fully saturated rings. The number of rotatable bonds is 3. The van der Waals surface area contributed by atoms with E-state index in [2.05, 4.69) is 15.3 Å². The molecule has 2 heterocycles. The summed E-state index contributed by atoms with van der Waals surface area (Å²) < 4.78 is 5.90. The second-order valence-electron chi connectivity index (χ2n) is 5.17. The number of nitrogens with zero attached hydrogens (tertiary/aromatic N) is 2. The lowest BCUT2D eigenvalue weighted by molar-refractivity contribution is -0.0914. The fourth-order valence-electron chi connectivity index (χ4n) is 3.10. The van der Waals surface area contributed by atoms with Crippen molar-refractivity contribution in [2.45, 2.75) is 50.9 Å². The van der Waals surface area contributed by atoms with E-state index < -0.39 is 0 Å². The van der Waals surface area contributed by atoms with E-state index in [-0.39, 0.29) is 0 Å². The first-order chi connectivity index (χ1) is 8.86.